The lowest BCUT2D eigenvalue weighted by Gasteiger charge is -2.27. The zero-order valence-corrected chi connectivity index (χ0v) is 11.6. The van der Waals surface area contributed by atoms with E-state index in [1.54, 1.807) is 13.2 Å². The van der Waals surface area contributed by atoms with Gasteiger partial charge in [0.25, 0.3) is 0 Å². The Hall–Kier alpha value is -2.00. The summed E-state index contributed by atoms with van der Waals surface area (Å²) in [4.78, 5) is 0. The van der Waals surface area contributed by atoms with Crippen molar-refractivity contribution in [2.24, 2.45) is 0 Å². The molecule has 0 aliphatic carbocycles. The number of hydrogen-bond acceptors (Lipinski definition) is 3. The number of nitrogens with one attached hydrogen (secondary N) is 1. The minimum absolute atomic E-state index is 0.188. The highest BCUT2D eigenvalue weighted by Gasteiger charge is 2.19. The molecule has 0 amide bonds. The van der Waals surface area contributed by atoms with E-state index in [0.29, 0.717) is 11.8 Å². The maximum Gasteiger partial charge on any atom is 0.160 e. The van der Waals surface area contributed by atoms with E-state index in [2.05, 4.69) is 29.6 Å². The van der Waals surface area contributed by atoms with Crippen LogP contribution in [-0.2, 0) is 12.8 Å². The lowest BCUT2D eigenvalue weighted by atomic mass is 9.90. The van der Waals surface area contributed by atoms with Gasteiger partial charge in [0.2, 0.25) is 0 Å². The third kappa shape index (κ3) is 2.49. The third-order valence-electron chi connectivity index (χ3n) is 3.90. The van der Waals surface area contributed by atoms with Crippen LogP contribution < -0.4 is 10.1 Å². The smallest absolute Gasteiger partial charge is 0.160 e. The average molecular weight is 269 g/mol. The molecule has 20 heavy (non-hydrogen) atoms. The Morgan fingerprint density at radius 2 is 2.10 bits per heavy atom. The Morgan fingerprint density at radius 1 is 1.25 bits per heavy atom. The van der Waals surface area contributed by atoms with Crippen LogP contribution in [0, 0.1) is 0 Å². The lowest BCUT2D eigenvalue weighted by Crippen LogP contribution is -2.31. The molecule has 3 nitrogen and oxygen atoms in total. The van der Waals surface area contributed by atoms with E-state index in [4.69, 9.17) is 4.74 Å². The van der Waals surface area contributed by atoms with Gasteiger partial charge < -0.3 is 15.2 Å². The van der Waals surface area contributed by atoms with Gasteiger partial charge in [-0.25, -0.2) is 0 Å². The van der Waals surface area contributed by atoms with Crippen molar-refractivity contribution in [3.63, 3.8) is 0 Å². The Labute approximate surface area is 119 Å². The second kappa shape index (κ2) is 5.55. The molecule has 1 aliphatic rings. The summed E-state index contributed by atoms with van der Waals surface area (Å²) in [5.74, 6) is 0.722. The van der Waals surface area contributed by atoms with Gasteiger partial charge in [0.1, 0.15) is 0 Å². The van der Waals surface area contributed by atoms with Gasteiger partial charge in [-0.05, 0) is 48.2 Å². The van der Waals surface area contributed by atoms with Gasteiger partial charge >= 0.3 is 0 Å². The van der Waals surface area contributed by atoms with Crippen LogP contribution in [0.4, 0.5) is 0 Å². The van der Waals surface area contributed by atoms with Crippen LogP contribution in [0.5, 0.6) is 11.5 Å². The van der Waals surface area contributed by atoms with Crippen LogP contribution in [0.2, 0.25) is 0 Å². The molecule has 0 fully saturated rings. The van der Waals surface area contributed by atoms with E-state index < -0.39 is 0 Å². The highest BCUT2D eigenvalue weighted by atomic mass is 16.5. The number of phenols is 1. The number of phenolic OH excluding ortho intramolecular Hbond substituents is 1. The Bertz CT molecular complexity index is 610. The van der Waals surface area contributed by atoms with Crippen molar-refractivity contribution in [1.82, 2.24) is 5.32 Å². The maximum absolute atomic E-state index is 9.66. The molecule has 2 aromatic carbocycles. The van der Waals surface area contributed by atoms with Crippen molar-refractivity contribution in [1.29, 1.82) is 0 Å². The maximum atomic E-state index is 9.66. The van der Waals surface area contributed by atoms with Crippen molar-refractivity contribution in [2.45, 2.75) is 18.9 Å². The molecule has 1 atom stereocenters. The quantitative estimate of drug-likeness (QED) is 0.900. The number of rotatable bonds is 3. The zero-order valence-electron chi connectivity index (χ0n) is 11.6. The summed E-state index contributed by atoms with van der Waals surface area (Å²) in [5, 5.41) is 13.2. The largest absolute Gasteiger partial charge is 0.504 e. The molecule has 0 saturated carbocycles. The van der Waals surface area contributed by atoms with Gasteiger partial charge in [-0.2, -0.15) is 0 Å². The predicted octanol–water partition coefficient (Wildman–Crippen LogP) is 2.83. The molecule has 104 valence electrons. The number of ether oxygens (including phenoxy) is 1. The minimum Gasteiger partial charge on any atom is -0.504 e. The number of benzene rings is 2. The van der Waals surface area contributed by atoms with Crippen molar-refractivity contribution < 1.29 is 9.84 Å². The molecule has 0 saturated heterocycles. The first-order chi connectivity index (χ1) is 9.78. The normalized spacial score (nSPS) is 17.6. The molecule has 1 heterocycles. The monoisotopic (exact) mass is 269 g/mol. The molecule has 1 aliphatic heterocycles. The minimum atomic E-state index is 0.188. The second-order valence-electron chi connectivity index (χ2n) is 5.17. The van der Waals surface area contributed by atoms with Gasteiger partial charge in [0, 0.05) is 6.04 Å². The van der Waals surface area contributed by atoms with Crippen LogP contribution in [0.3, 0.4) is 0 Å². The molecular weight excluding hydrogens is 250 g/mol. The zero-order chi connectivity index (χ0) is 13.9. The van der Waals surface area contributed by atoms with Crippen LogP contribution in [0.1, 0.15) is 22.7 Å². The Kier molecular flexibility index (Phi) is 3.61. The Morgan fingerprint density at radius 3 is 2.95 bits per heavy atom. The van der Waals surface area contributed by atoms with Crippen LogP contribution in [0.15, 0.2) is 42.5 Å². The van der Waals surface area contributed by atoms with Crippen LogP contribution in [-0.4, -0.2) is 18.8 Å². The van der Waals surface area contributed by atoms with E-state index in [9.17, 15) is 5.11 Å². The third-order valence-corrected chi connectivity index (χ3v) is 3.90. The van der Waals surface area contributed by atoms with E-state index >= 15 is 0 Å². The molecule has 3 rings (SSSR count). The van der Waals surface area contributed by atoms with E-state index in [0.717, 1.165) is 24.9 Å². The second-order valence-corrected chi connectivity index (χ2v) is 5.17. The first-order valence-corrected chi connectivity index (χ1v) is 6.95. The van der Waals surface area contributed by atoms with Gasteiger partial charge in [-0.1, -0.05) is 30.3 Å². The van der Waals surface area contributed by atoms with Crippen molar-refractivity contribution >= 4 is 0 Å². The predicted molar refractivity (Wildman–Crippen MR) is 79.3 cm³/mol. The summed E-state index contributed by atoms with van der Waals surface area (Å²) in [7, 11) is 1.58. The van der Waals surface area contributed by atoms with Crippen LogP contribution >= 0.6 is 0 Å². The molecule has 3 heteroatoms. The summed E-state index contributed by atoms with van der Waals surface area (Å²) in [5.41, 5.74) is 3.97. The highest BCUT2D eigenvalue weighted by molar-refractivity contribution is 5.43. The Balaban J connectivity index is 1.85. The van der Waals surface area contributed by atoms with Gasteiger partial charge in [0.15, 0.2) is 11.5 Å². The average Bonchev–Trinajstić information content (AvgIpc) is 2.49. The summed E-state index contributed by atoms with van der Waals surface area (Å²) in [6.45, 7) is 1.01. The summed E-state index contributed by atoms with van der Waals surface area (Å²) in [6.07, 6.45) is 1.99. The first kappa shape index (κ1) is 13.0. The number of methoxy groups -OCH3 is 1. The van der Waals surface area contributed by atoms with Crippen molar-refractivity contribution in [2.75, 3.05) is 13.7 Å². The molecule has 1 unspecified atom stereocenters. The highest BCUT2D eigenvalue weighted by Crippen LogP contribution is 2.30. The number of hydrogen-bond donors (Lipinski definition) is 2. The van der Waals surface area contributed by atoms with E-state index in [-0.39, 0.29) is 5.75 Å². The van der Waals surface area contributed by atoms with Crippen LogP contribution in [0.25, 0.3) is 0 Å². The molecule has 0 spiro atoms. The fraction of sp³-hybridized carbons (Fsp3) is 0.294. The number of fused-ring (bicyclic) bond motifs is 1. The van der Waals surface area contributed by atoms with Crippen molar-refractivity contribution in [3.8, 4) is 11.5 Å². The molecule has 2 aromatic rings. The molecule has 2 N–H and O–H groups in total. The molecule has 0 bridgehead atoms. The molecule has 0 aromatic heterocycles. The number of aromatic hydroxyl groups is 1. The van der Waals surface area contributed by atoms with Gasteiger partial charge in [-0.3, -0.25) is 0 Å². The standard InChI is InChI=1S/C17H19NO2/c1-20-17-11-12(6-7-16(17)19)10-15-14-5-3-2-4-13(14)8-9-18-15/h2-7,11,15,18-19H,8-10H2,1H3. The van der Waals surface area contributed by atoms with Gasteiger partial charge in [0.05, 0.1) is 7.11 Å². The fourth-order valence-electron chi connectivity index (χ4n) is 2.86. The molecular formula is C17H19NO2. The molecule has 0 radical (unpaired) electrons. The first-order valence-electron chi connectivity index (χ1n) is 6.95. The fourth-order valence-corrected chi connectivity index (χ4v) is 2.86. The lowest BCUT2D eigenvalue weighted by molar-refractivity contribution is 0.372. The van der Waals surface area contributed by atoms with E-state index in [1.165, 1.54) is 11.1 Å². The van der Waals surface area contributed by atoms with Crippen molar-refractivity contribution in [3.05, 3.63) is 59.2 Å². The topological polar surface area (TPSA) is 41.5 Å². The summed E-state index contributed by atoms with van der Waals surface area (Å²) < 4.78 is 5.17. The SMILES string of the molecule is COc1cc(CC2NCCc3ccccc32)ccc1O. The van der Waals surface area contributed by atoms with E-state index in [1.807, 2.05) is 12.1 Å². The summed E-state index contributed by atoms with van der Waals surface area (Å²) in [6, 6.07) is 14.5. The van der Waals surface area contributed by atoms with Gasteiger partial charge in [-0.15, -0.1) is 0 Å². The summed E-state index contributed by atoms with van der Waals surface area (Å²) >= 11 is 0.